The second-order valence-corrected chi connectivity index (χ2v) is 7.23. The van der Waals surface area contributed by atoms with Gasteiger partial charge in [0, 0.05) is 11.8 Å². The molecule has 0 saturated carbocycles. The molecule has 158 valence electrons. The van der Waals surface area contributed by atoms with Crippen molar-refractivity contribution in [3.05, 3.63) is 77.4 Å². The van der Waals surface area contributed by atoms with Crippen LogP contribution in [0.5, 0.6) is 17.2 Å². The van der Waals surface area contributed by atoms with Gasteiger partial charge < -0.3 is 24.8 Å². The first kappa shape index (κ1) is 20.3. The molecule has 0 aliphatic carbocycles. The van der Waals surface area contributed by atoms with E-state index in [2.05, 4.69) is 10.6 Å². The molecule has 3 aromatic carbocycles. The third kappa shape index (κ3) is 4.95. The molecule has 31 heavy (non-hydrogen) atoms. The molecule has 1 aliphatic rings. The largest absolute Gasteiger partial charge is 0.484 e. The Hall–Kier alpha value is -4.00. The number of hydrogen-bond donors (Lipinski definition) is 2. The number of para-hydroxylation sites is 1. The molecule has 0 aromatic heterocycles. The smallest absolute Gasteiger partial charge is 0.262 e. The molecule has 0 saturated heterocycles. The number of aryl methyl sites for hydroxylation is 2. The SMILES string of the molecule is Cc1cc(C)cc(OCC(=O)Nc2ccccc2C(=O)Nc2ccc3c(c2)OCO3)c1. The molecular formula is C24H22N2O5. The van der Waals surface area contributed by atoms with Crippen molar-refractivity contribution in [3.63, 3.8) is 0 Å². The number of anilines is 2. The zero-order valence-electron chi connectivity index (χ0n) is 17.2. The zero-order valence-corrected chi connectivity index (χ0v) is 17.2. The fourth-order valence-corrected chi connectivity index (χ4v) is 3.31. The van der Waals surface area contributed by atoms with Gasteiger partial charge in [0.1, 0.15) is 5.75 Å². The molecule has 0 bridgehead atoms. The highest BCUT2D eigenvalue weighted by Crippen LogP contribution is 2.34. The van der Waals surface area contributed by atoms with E-state index in [1.807, 2.05) is 32.0 Å². The predicted molar refractivity (Wildman–Crippen MR) is 117 cm³/mol. The minimum atomic E-state index is -0.359. The first-order valence-corrected chi connectivity index (χ1v) is 9.79. The highest BCUT2D eigenvalue weighted by molar-refractivity contribution is 6.10. The Kier molecular flexibility index (Phi) is 5.75. The fraction of sp³-hybridized carbons (Fsp3) is 0.167. The van der Waals surface area contributed by atoms with Crippen molar-refractivity contribution in [3.8, 4) is 17.2 Å². The van der Waals surface area contributed by atoms with Crippen LogP contribution in [0.15, 0.2) is 60.7 Å². The maximum atomic E-state index is 12.8. The molecule has 2 N–H and O–H groups in total. The van der Waals surface area contributed by atoms with E-state index >= 15 is 0 Å². The maximum absolute atomic E-state index is 12.8. The Morgan fingerprint density at radius 1 is 0.903 bits per heavy atom. The van der Waals surface area contributed by atoms with E-state index < -0.39 is 0 Å². The summed E-state index contributed by atoms with van der Waals surface area (Å²) in [6.07, 6.45) is 0. The van der Waals surface area contributed by atoms with Crippen molar-refractivity contribution < 1.29 is 23.8 Å². The molecule has 0 fully saturated rings. The molecule has 3 aromatic rings. The Balaban J connectivity index is 1.41. The van der Waals surface area contributed by atoms with E-state index in [1.165, 1.54) is 0 Å². The van der Waals surface area contributed by atoms with Crippen LogP contribution < -0.4 is 24.8 Å². The molecule has 2 amide bonds. The van der Waals surface area contributed by atoms with Crippen molar-refractivity contribution in [2.75, 3.05) is 24.0 Å². The number of rotatable bonds is 6. The minimum Gasteiger partial charge on any atom is -0.484 e. The molecule has 1 aliphatic heterocycles. The van der Waals surface area contributed by atoms with Crippen LogP contribution in [0.2, 0.25) is 0 Å². The lowest BCUT2D eigenvalue weighted by molar-refractivity contribution is -0.118. The summed E-state index contributed by atoms with van der Waals surface area (Å²) >= 11 is 0. The van der Waals surface area contributed by atoms with Crippen LogP contribution in [0.25, 0.3) is 0 Å². The lowest BCUT2D eigenvalue weighted by Crippen LogP contribution is -2.22. The van der Waals surface area contributed by atoms with Crippen molar-refractivity contribution in [1.29, 1.82) is 0 Å². The Bertz CT molecular complexity index is 1120. The van der Waals surface area contributed by atoms with Gasteiger partial charge in [0.15, 0.2) is 18.1 Å². The fourth-order valence-electron chi connectivity index (χ4n) is 3.31. The van der Waals surface area contributed by atoms with E-state index in [-0.39, 0.29) is 25.2 Å². The van der Waals surface area contributed by atoms with Crippen LogP contribution in [-0.4, -0.2) is 25.2 Å². The standard InChI is InChI=1S/C24H22N2O5/c1-15-9-16(2)11-18(10-15)29-13-23(27)26-20-6-4-3-5-19(20)24(28)25-17-7-8-21-22(12-17)31-14-30-21/h3-12H,13-14H2,1-2H3,(H,25,28)(H,26,27). The van der Waals surface area contributed by atoms with Gasteiger partial charge in [-0.05, 0) is 61.4 Å². The first-order chi connectivity index (χ1) is 15.0. The average Bonchev–Trinajstić information content (AvgIpc) is 3.20. The molecule has 0 atom stereocenters. The van der Waals surface area contributed by atoms with Crippen molar-refractivity contribution >= 4 is 23.2 Å². The van der Waals surface area contributed by atoms with E-state index in [4.69, 9.17) is 14.2 Å². The second kappa shape index (κ2) is 8.79. The third-order valence-corrected chi connectivity index (χ3v) is 4.64. The zero-order chi connectivity index (χ0) is 21.8. The third-order valence-electron chi connectivity index (χ3n) is 4.64. The molecule has 0 spiro atoms. The average molecular weight is 418 g/mol. The summed E-state index contributed by atoms with van der Waals surface area (Å²) in [5.74, 6) is 1.12. The first-order valence-electron chi connectivity index (χ1n) is 9.79. The topological polar surface area (TPSA) is 85.9 Å². The summed E-state index contributed by atoms with van der Waals surface area (Å²) in [4.78, 5) is 25.2. The Morgan fingerprint density at radius 3 is 2.45 bits per heavy atom. The van der Waals surface area contributed by atoms with Gasteiger partial charge in [-0.2, -0.15) is 0 Å². The Morgan fingerprint density at radius 2 is 1.65 bits per heavy atom. The summed E-state index contributed by atoms with van der Waals surface area (Å²) in [7, 11) is 0. The molecule has 0 unspecified atom stereocenters. The van der Waals surface area contributed by atoms with Crippen LogP contribution in [0.4, 0.5) is 11.4 Å². The number of hydrogen-bond acceptors (Lipinski definition) is 5. The monoisotopic (exact) mass is 418 g/mol. The summed E-state index contributed by atoms with van der Waals surface area (Å²) < 4.78 is 16.2. The summed E-state index contributed by atoms with van der Waals surface area (Å²) in [5, 5.41) is 5.56. The van der Waals surface area contributed by atoms with Gasteiger partial charge in [-0.15, -0.1) is 0 Å². The number of benzene rings is 3. The van der Waals surface area contributed by atoms with Crippen molar-refractivity contribution in [2.45, 2.75) is 13.8 Å². The van der Waals surface area contributed by atoms with E-state index in [9.17, 15) is 9.59 Å². The van der Waals surface area contributed by atoms with Crippen molar-refractivity contribution in [2.24, 2.45) is 0 Å². The molecule has 1 heterocycles. The highest BCUT2D eigenvalue weighted by atomic mass is 16.7. The van der Waals surface area contributed by atoms with Crippen LogP contribution >= 0.6 is 0 Å². The van der Waals surface area contributed by atoms with Gasteiger partial charge in [-0.3, -0.25) is 9.59 Å². The van der Waals surface area contributed by atoms with Crippen molar-refractivity contribution in [1.82, 2.24) is 0 Å². The van der Waals surface area contributed by atoms with Crippen LogP contribution in [0, 0.1) is 13.8 Å². The van der Waals surface area contributed by atoms with Gasteiger partial charge in [0.25, 0.3) is 11.8 Å². The van der Waals surface area contributed by atoms with Gasteiger partial charge in [-0.25, -0.2) is 0 Å². The van der Waals surface area contributed by atoms with E-state index in [0.29, 0.717) is 34.2 Å². The lowest BCUT2D eigenvalue weighted by Gasteiger charge is -2.13. The van der Waals surface area contributed by atoms with E-state index in [0.717, 1.165) is 11.1 Å². The normalized spacial score (nSPS) is 11.7. The quantitative estimate of drug-likeness (QED) is 0.623. The number of carbonyl (C=O) groups is 2. The number of nitrogens with one attached hydrogen (secondary N) is 2. The Labute approximate surface area is 179 Å². The number of amides is 2. The van der Waals surface area contributed by atoms with E-state index in [1.54, 1.807) is 42.5 Å². The predicted octanol–water partition coefficient (Wildman–Crippen LogP) is 4.30. The lowest BCUT2D eigenvalue weighted by atomic mass is 10.1. The molecule has 4 rings (SSSR count). The molecule has 7 nitrogen and oxygen atoms in total. The summed E-state index contributed by atoms with van der Waals surface area (Å²) in [5.41, 5.74) is 3.41. The second-order valence-electron chi connectivity index (χ2n) is 7.23. The van der Waals surface area contributed by atoms with Crippen LogP contribution in [0.3, 0.4) is 0 Å². The molecular weight excluding hydrogens is 396 g/mol. The maximum Gasteiger partial charge on any atom is 0.262 e. The summed E-state index contributed by atoms with van der Waals surface area (Å²) in [6.45, 7) is 3.93. The number of carbonyl (C=O) groups excluding carboxylic acids is 2. The van der Waals surface area contributed by atoms with Gasteiger partial charge >= 0.3 is 0 Å². The number of fused-ring (bicyclic) bond motifs is 1. The molecule has 0 radical (unpaired) electrons. The van der Waals surface area contributed by atoms with Crippen LogP contribution in [-0.2, 0) is 4.79 Å². The van der Waals surface area contributed by atoms with Crippen LogP contribution in [0.1, 0.15) is 21.5 Å². The minimum absolute atomic E-state index is 0.159. The number of ether oxygens (including phenoxy) is 3. The summed E-state index contributed by atoms with van der Waals surface area (Å²) in [6, 6.07) is 17.7. The van der Waals surface area contributed by atoms with Gasteiger partial charge in [0.2, 0.25) is 6.79 Å². The molecule has 7 heteroatoms. The van der Waals surface area contributed by atoms with Gasteiger partial charge in [0.05, 0.1) is 11.3 Å². The highest BCUT2D eigenvalue weighted by Gasteiger charge is 2.17. The van der Waals surface area contributed by atoms with Gasteiger partial charge in [-0.1, -0.05) is 18.2 Å².